The lowest BCUT2D eigenvalue weighted by Crippen LogP contribution is -2.16. The standard InChI is InChI=1S/C51H44N4O16S3/c1-23-15-25(3)48(54-72(64,65)43-19-34(50(60)61)36(56)21-38(43)58)27(5)46(23)52-29-11-13-31-40(17-29)71-41-18-30(12-14-32(41)45(31)33-9-7-8-10-42(33)74(68,69)70)53-47-24(2)16-26(4)49(28(47)6)55-73(66,67)44-20-35(51(62)63)37(57)22-39(44)59/h7-22,52,54-59H,1-6H3,(H,60,61)(H,62,63)(H,68,69,70)/b53-30-. The van der Waals surface area contributed by atoms with Crippen LogP contribution in [0.1, 0.15) is 54.1 Å². The molecule has 0 saturated heterocycles. The van der Waals surface area contributed by atoms with Gasteiger partial charge >= 0.3 is 11.9 Å². The number of fused-ring (bicyclic) bond motifs is 2. The van der Waals surface area contributed by atoms with Crippen LogP contribution in [0.4, 0.5) is 28.4 Å². The summed E-state index contributed by atoms with van der Waals surface area (Å²) >= 11 is 0. The summed E-state index contributed by atoms with van der Waals surface area (Å²) in [4.78, 5) is 26.3. The SMILES string of the molecule is Cc1cc(C)c(NS(=O)(=O)c2cc(C(=O)O)c(O)cc2O)c(C)c1/N=c1/ccc2c(-c3ccccc3S(=O)(=O)O)c3ccc(Nc4c(C)cc(C)c(NS(=O)(=O)c5cc(C(=O)O)c(O)cc5O)c4C)cc3oc-2c1. The molecule has 1 aliphatic carbocycles. The first-order chi connectivity index (χ1) is 34.6. The number of anilines is 4. The van der Waals surface area contributed by atoms with Crippen LogP contribution >= 0.6 is 0 Å². The van der Waals surface area contributed by atoms with Crippen molar-refractivity contribution in [3.63, 3.8) is 0 Å². The van der Waals surface area contributed by atoms with Gasteiger partial charge < -0.3 is 40.4 Å². The Hall–Kier alpha value is -8.64. The minimum Gasteiger partial charge on any atom is -0.507 e. The van der Waals surface area contributed by atoms with Crippen molar-refractivity contribution in [1.82, 2.24) is 0 Å². The van der Waals surface area contributed by atoms with Crippen LogP contribution in [0.25, 0.3) is 33.4 Å². The van der Waals surface area contributed by atoms with Crippen molar-refractivity contribution in [3.05, 3.63) is 147 Å². The summed E-state index contributed by atoms with van der Waals surface area (Å²) < 4.78 is 102. The summed E-state index contributed by atoms with van der Waals surface area (Å²) in [7, 11) is -14.1. The van der Waals surface area contributed by atoms with Crippen LogP contribution in [0.2, 0.25) is 0 Å². The number of nitrogens with one attached hydrogen (secondary N) is 3. The zero-order chi connectivity index (χ0) is 54.1. The van der Waals surface area contributed by atoms with Gasteiger partial charge in [-0.25, -0.2) is 31.4 Å². The van der Waals surface area contributed by atoms with Gasteiger partial charge in [-0.05, 0) is 117 Å². The van der Waals surface area contributed by atoms with Crippen molar-refractivity contribution in [2.24, 2.45) is 4.99 Å². The molecule has 1 aliphatic heterocycles. The van der Waals surface area contributed by atoms with Gasteiger partial charge in [-0.15, -0.1) is 0 Å². The van der Waals surface area contributed by atoms with Gasteiger partial charge in [0.25, 0.3) is 30.2 Å². The molecule has 0 fully saturated rings. The van der Waals surface area contributed by atoms with Gasteiger partial charge in [-0.1, -0.05) is 30.3 Å². The van der Waals surface area contributed by atoms with Gasteiger partial charge in [0.05, 0.1) is 22.4 Å². The maximum absolute atomic E-state index is 13.7. The molecule has 6 aromatic rings. The van der Waals surface area contributed by atoms with Gasteiger partial charge in [-0.2, -0.15) is 8.42 Å². The molecule has 0 spiro atoms. The van der Waals surface area contributed by atoms with Crippen LogP contribution in [0, 0.1) is 41.5 Å². The molecule has 74 heavy (non-hydrogen) atoms. The molecule has 1 heterocycles. The fourth-order valence-corrected chi connectivity index (χ4v) is 12.1. The third-order valence-electron chi connectivity index (χ3n) is 12.2. The van der Waals surface area contributed by atoms with Gasteiger partial charge in [0, 0.05) is 57.7 Å². The summed E-state index contributed by atoms with van der Waals surface area (Å²) in [6.45, 7) is 10.0. The van der Waals surface area contributed by atoms with Crippen molar-refractivity contribution < 1.29 is 74.5 Å². The predicted molar refractivity (Wildman–Crippen MR) is 273 cm³/mol. The largest absolute Gasteiger partial charge is 0.507 e. The minimum absolute atomic E-state index is 0.0638. The number of carbonyl (C=O) groups is 2. The summed E-state index contributed by atoms with van der Waals surface area (Å²) in [5, 5.41) is 64.0. The number of aromatic carboxylic acids is 2. The molecule has 2 aliphatic rings. The van der Waals surface area contributed by atoms with Crippen LogP contribution in [0.15, 0.2) is 121 Å². The second-order valence-electron chi connectivity index (χ2n) is 17.3. The Kier molecular flexibility index (Phi) is 13.1. The highest BCUT2D eigenvalue weighted by Crippen LogP contribution is 2.44. The number of benzene rings is 7. The van der Waals surface area contributed by atoms with Crippen LogP contribution in [-0.4, -0.2) is 72.4 Å². The highest BCUT2D eigenvalue weighted by Gasteiger charge is 2.29. The number of aryl methyl sites for hydroxylation is 4. The van der Waals surface area contributed by atoms with E-state index in [1.165, 1.54) is 18.2 Å². The normalized spacial score (nSPS) is 12.3. The molecule has 0 aromatic heterocycles. The summed E-state index contributed by atoms with van der Waals surface area (Å²) in [6, 6.07) is 21.4. The van der Waals surface area contributed by atoms with Crippen molar-refractivity contribution in [1.29, 1.82) is 0 Å². The Morgan fingerprint density at radius 2 is 1.07 bits per heavy atom. The van der Waals surface area contributed by atoms with E-state index in [0.29, 0.717) is 91.2 Å². The van der Waals surface area contributed by atoms with Crippen LogP contribution in [0.5, 0.6) is 23.0 Å². The first-order valence-electron chi connectivity index (χ1n) is 21.8. The predicted octanol–water partition coefficient (Wildman–Crippen LogP) is 9.10. The number of phenols is 4. The van der Waals surface area contributed by atoms with E-state index in [2.05, 4.69) is 14.8 Å². The Morgan fingerprint density at radius 3 is 1.62 bits per heavy atom. The van der Waals surface area contributed by atoms with E-state index in [4.69, 9.17) is 9.41 Å². The van der Waals surface area contributed by atoms with Crippen molar-refractivity contribution in [2.75, 3.05) is 14.8 Å². The molecule has 23 heteroatoms. The van der Waals surface area contributed by atoms with E-state index in [0.717, 1.165) is 0 Å². The topological polar surface area (TPSA) is 340 Å². The lowest BCUT2D eigenvalue weighted by Gasteiger charge is -2.21. The molecule has 0 radical (unpaired) electrons. The quantitative estimate of drug-likeness (QED) is 0.0380. The summed E-state index contributed by atoms with van der Waals surface area (Å²) in [6.07, 6.45) is 0. The molecule has 6 aromatic carbocycles. The fraction of sp³-hybridized carbons (Fsp3) is 0.118. The Labute approximate surface area is 422 Å². The van der Waals surface area contributed by atoms with Gasteiger partial charge in [0.1, 0.15) is 60.2 Å². The van der Waals surface area contributed by atoms with Crippen molar-refractivity contribution in [3.8, 4) is 45.4 Å². The third-order valence-corrected chi connectivity index (χ3v) is 15.9. The first kappa shape index (κ1) is 51.7. The molecule has 20 nitrogen and oxygen atoms in total. The monoisotopic (exact) mass is 1060 g/mol. The number of phenolic OH excluding ortho intramolecular Hbond substituents is 2. The number of carboxylic acid groups (broad SMARTS) is 2. The van der Waals surface area contributed by atoms with Crippen LogP contribution in [0.3, 0.4) is 0 Å². The summed E-state index contributed by atoms with van der Waals surface area (Å²) in [5.74, 6) is -6.54. The minimum atomic E-state index is -4.79. The smallest absolute Gasteiger partial charge is 0.339 e. The molecule has 0 bridgehead atoms. The van der Waals surface area contributed by atoms with Gasteiger partial charge in [0.2, 0.25) is 0 Å². The number of hydrogen-bond donors (Lipinski definition) is 10. The first-order valence-corrected chi connectivity index (χ1v) is 26.2. The van der Waals surface area contributed by atoms with E-state index in [-0.39, 0.29) is 33.6 Å². The third kappa shape index (κ3) is 9.58. The molecule has 10 N–H and O–H groups in total. The van der Waals surface area contributed by atoms with E-state index in [1.807, 2.05) is 0 Å². The van der Waals surface area contributed by atoms with E-state index < -0.39 is 90.9 Å². The van der Waals surface area contributed by atoms with Gasteiger partial charge in [0.15, 0.2) is 0 Å². The maximum Gasteiger partial charge on any atom is 0.339 e. The lowest BCUT2D eigenvalue weighted by molar-refractivity contribution is 0.0682. The average molecular weight is 1070 g/mol. The summed E-state index contributed by atoms with van der Waals surface area (Å²) in [5.41, 5.74) is 3.77. The molecular weight excluding hydrogens is 1020 g/mol. The van der Waals surface area contributed by atoms with E-state index >= 15 is 0 Å². The fourth-order valence-electron chi connectivity index (χ4n) is 8.79. The molecule has 0 unspecified atom stereocenters. The van der Waals surface area contributed by atoms with Crippen LogP contribution in [-0.2, 0) is 30.2 Å². The Balaban J connectivity index is 1.25. The average Bonchev–Trinajstić information content (AvgIpc) is 3.30. The Bertz CT molecular complexity index is 4130. The number of hydrogen-bond acceptors (Lipinski definition) is 15. The number of sulfonamides is 2. The number of aromatic hydroxyl groups is 4. The molecule has 0 amide bonds. The lowest BCUT2D eigenvalue weighted by atomic mass is 9.93. The van der Waals surface area contributed by atoms with Crippen molar-refractivity contribution >= 4 is 81.5 Å². The second kappa shape index (κ2) is 18.8. The molecule has 382 valence electrons. The maximum atomic E-state index is 13.7. The van der Waals surface area contributed by atoms with Gasteiger partial charge in [-0.3, -0.25) is 14.0 Å². The number of rotatable bonds is 13. The zero-order valence-electron chi connectivity index (χ0n) is 39.7. The second-order valence-corrected chi connectivity index (χ2v) is 22.0. The molecule has 8 rings (SSSR count). The number of carboxylic acids is 2. The highest BCUT2D eigenvalue weighted by molar-refractivity contribution is 7.93. The Morgan fingerprint density at radius 1 is 0.541 bits per heavy atom. The molecule has 0 saturated carbocycles. The van der Waals surface area contributed by atoms with Crippen LogP contribution < -0.4 is 20.1 Å². The van der Waals surface area contributed by atoms with E-state index in [9.17, 15) is 70.0 Å². The molecular formula is C51H44N4O16S3. The van der Waals surface area contributed by atoms with Crippen molar-refractivity contribution in [2.45, 2.75) is 56.2 Å². The number of nitrogens with zero attached hydrogens (tertiary/aromatic N) is 1. The highest BCUT2D eigenvalue weighted by atomic mass is 32.2. The van der Waals surface area contributed by atoms with E-state index in [1.54, 1.807) is 96.1 Å². The zero-order valence-corrected chi connectivity index (χ0v) is 42.2. The molecule has 0 atom stereocenters.